The first-order valence-corrected chi connectivity index (χ1v) is 8.78. The van der Waals surface area contributed by atoms with Crippen molar-refractivity contribution in [2.45, 2.75) is 19.3 Å². The lowest BCUT2D eigenvalue weighted by atomic mass is 10.3. The van der Waals surface area contributed by atoms with E-state index >= 15 is 0 Å². The number of hydrogen-bond donors (Lipinski definition) is 0. The lowest BCUT2D eigenvalue weighted by Crippen LogP contribution is -1.99. The van der Waals surface area contributed by atoms with E-state index in [-0.39, 0.29) is 0 Å². The summed E-state index contributed by atoms with van der Waals surface area (Å²) in [5.74, 6) is 3.39. The van der Waals surface area contributed by atoms with Gasteiger partial charge in [-0.05, 0) is 17.9 Å². The van der Waals surface area contributed by atoms with Crippen LogP contribution in [0.4, 0.5) is 0 Å². The molecule has 8 heteroatoms. The minimum Gasteiger partial charge on any atom is -0.485 e. The summed E-state index contributed by atoms with van der Waals surface area (Å²) in [6.45, 7) is 2.49. The number of fused-ring (bicyclic) bond motifs is 1. The summed E-state index contributed by atoms with van der Waals surface area (Å²) in [4.78, 5) is 0.791. The van der Waals surface area contributed by atoms with Gasteiger partial charge in [-0.15, -0.1) is 10.2 Å². The normalized spacial score (nSPS) is 11.1. The SMILES string of the molecule is CCSCc1nnc2sc(COc3ccccc3Cl)nn12. The third kappa shape index (κ3) is 3.30. The van der Waals surface area contributed by atoms with Crippen molar-refractivity contribution in [3.63, 3.8) is 0 Å². The van der Waals surface area contributed by atoms with Crippen molar-refractivity contribution in [2.75, 3.05) is 5.75 Å². The molecule has 0 saturated carbocycles. The van der Waals surface area contributed by atoms with Crippen LogP contribution in [-0.4, -0.2) is 25.6 Å². The smallest absolute Gasteiger partial charge is 0.234 e. The van der Waals surface area contributed by atoms with E-state index in [1.54, 1.807) is 22.3 Å². The van der Waals surface area contributed by atoms with Gasteiger partial charge >= 0.3 is 0 Å². The first-order chi connectivity index (χ1) is 10.3. The van der Waals surface area contributed by atoms with E-state index in [4.69, 9.17) is 16.3 Å². The lowest BCUT2D eigenvalue weighted by molar-refractivity contribution is 0.304. The molecule has 0 aliphatic carbocycles. The minimum atomic E-state index is 0.373. The van der Waals surface area contributed by atoms with Crippen molar-refractivity contribution in [3.8, 4) is 5.75 Å². The highest BCUT2D eigenvalue weighted by Crippen LogP contribution is 2.25. The second-order valence-corrected chi connectivity index (χ2v) is 6.88. The first-order valence-electron chi connectivity index (χ1n) is 6.43. The van der Waals surface area contributed by atoms with Crippen LogP contribution in [0.3, 0.4) is 0 Å². The molecule has 0 N–H and O–H groups in total. The van der Waals surface area contributed by atoms with Crippen LogP contribution in [0.1, 0.15) is 17.8 Å². The molecule has 0 saturated heterocycles. The molecule has 1 aromatic carbocycles. The predicted molar refractivity (Wildman–Crippen MR) is 86.3 cm³/mol. The number of thioether (sulfide) groups is 1. The van der Waals surface area contributed by atoms with Crippen molar-refractivity contribution in [1.82, 2.24) is 19.8 Å². The van der Waals surface area contributed by atoms with Gasteiger partial charge in [-0.1, -0.05) is 42.0 Å². The Balaban J connectivity index is 1.73. The quantitative estimate of drug-likeness (QED) is 0.685. The third-order valence-electron chi connectivity index (χ3n) is 2.72. The number of hydrogen-bond acceptors (Lipinski definition) is 6. The number of para-hydroxylation sites is 1. The average Bonchev–Trinajstić information content (AvgIpc) is 3.05. The number of nitrogens with zero attached hydrogens (tertiary/aromatic N) is 4. The van der Waals surface area contributed by atoms with Crippen LogP contribution in [-0.2, 0) is 12.4 Å². The minimum absolute atomic E-state index is 0.373. The van der Waals surface area contributed by atoms with E-state index in [2.05, 4.69) is 22.2 Å². The van der Waals surface area contributed by atoms with E-state index in [9.17, 15) is 0 Å². The molecule has 2 heterocycles. The molecule has 0 fully saturated rings. The maximum Gasteiger partial charge on any atom is 0.234 e. The molecule has 0 spiro atoms. The van der Waals surface area contributed by atoms with E-state index in [1.165, 1.54) is 11.3 Å². The molecule has 3 rings (SSSR count). The summed E-state index contributed by atoms with van der Waals surface area (Å²) in [5, 5.41) is 14.2. The van der Waals surface area contributed by atoms with Crippen LogP contribution < -0.4 is 4.74 Å². The summed E-state index contributed by atoms with van der Waals surface area (Å²) < 4.78 is 7.48. The molecule has 0 atom stereocenters. The van der Waals surface area contributed by atoms with Gasteiger partial charge in [0.25, 0.3) is 0 Å². The monoisotopic (exact) mass is 340 g/mol. The molecule has 5 nitrogen and oxygen atoms in total. The topological polar surface area (TPSA) is 52.3 Å². The number of aromatic nitrogens is 4. The van der Waals surface area contributed by atoms with Gasteiger partial charge in [-0.3, -0.25) is 0 Å². The fraction of sp³-hybridized carbons (Fsp3) is 0.308. The number of benzene rings is 1. The van der Waals surface area contributed by atoms with Crippen LogP contribution >= 0.6 is 34.7 Å². The maximum absolute atomic E-state index is 6.06. The Bertz CT molecular complexity index is 743. The number of halogens is 1. The second-order valence-electron chi connectivity index (χ2n) is 4.16. The van der Waals surface area contributed by atoms with Crippen LogP contribution in [0.2, 0.25) is 5.02 Å². The molecular weight excluding hydrogens is 328 g/mol. The Hall–Kier alpha value is -1.31. The molecule has 0 bridgehead atoms. The zero-order chi connectivity index (χ0) is 14.7. The van der Waals surface area contributed by atoms with Gasteiger partial charge in [0.15, 0.2) is 10.8 Å². The van der Waals surface area contributed by atoms with Crippen molar-refractivity contribution >= 4 is 39.7 Å². The van der Waals surface area contributed by atoms with E-state index in [0.29, 0.717) is 17.4 Å². The number of ether oxygens (including phenoxy) is 1. The highest BCUT2D eigenvalue weighted by Gasteiger charge is 2.12. The second kappa shape index (κ2) is 6.64. The summed E-state index contributed by atoms with van der Waals surface area (Å²) in [6, 6.07) is 7.40. The Kier molecular flexibility index (Phi) is 4.62. The lowest BCUT2D eigenvalue weighted by Gasteiger charge is -2.04. The van der Waals surface area contributed by atoms with Gasteiger partial charge in [-0.25, -0.2) is 0 Å². The van der Waals surface area contributed by atoms with Gasteiger partial charge in [0, 0.05) is 0 Å². The molecule has 0 aliphatic heterocycles. The Morgan fingerprint density at radius 2 is 2.19 bits per heavy atom. The maximum atomic E-state index is 6.06. The Labute approximate surface area is 135 Å². The van der Waals surface area contributed by atoms with Gasteiger partial charge < -0.3 is 4.74 Å². The van der Waals surface area contributed by atoms with Crippen molar-refractivity contribution < 1.29 is 4.74 Å². The summed E-state index contributed by atoms with van der Waals surface area (Å²) in [6.07, 6.45) is 0. The van der Waals surface area contributed by atoms with E-state index < -0.39 is 0 Å². The fourth-order valence-electron chi connectivity index (χ4n) is 1.74. The van der Waals surface area contributed by atoms with Crippen LogP contribution in [0, 0.1) is 0 Å². The zero-order valence-corrected chi connectivity index (χ0v) is 13.7. The summed E-state index contributed by atoms with van der Waals surface area (Å²) >= 11 is 9.33. The van der Waals surface area contributed by atoms with Crippen molar-refractivity contribution in [2.24, 2.45) is 0 Å². The molecular formula is C13H13ClN4OS2. The molecule has 0 aliphatic rings. The zero-order valence-electron chi connectivity index (χ0n) is 11.3. The third-order valence-corrected chi connectivity index (χ3v) is 4.78. The molecule has 0 amide bonds. The molecule has 3 aromatic rings. The first kappa shape index (κ1) is 14.6. The van der Waals surface area contributed by atoms with Gasteiger partial charge in [0.2, 0.25) is 4.96 Å². The van der Waals surface area contributed by atoms with E-state index in [0.717, 1.165) is 27.3 Å². The number of rotatable bonds is 6. The molecule has 0 radical (unpaired) electrons. The molecule has 21 heavy (non-hydrogen) atoms. The van der Waals surface area contributed by atoms with Gasteiger partial charge in [-0.2, -0.15) is 21.4 Å². The largest absolute Gasteiger partial charge is 0.485 e. The Morgan fingerprint density at radius 3 is 3.00 bits per heavy atom. The predicted octanol–water partition coefficient (Wildman–Crippen LogP) is 3.67. The van der Waals surface area contributed by atoms with E-state index in [1.807, 2.05) is 18.2 Å². The van der Waals surface area contributed by atoms with Crippen LogP contribution in [0.5, 0.6) is 5.75 Å². The van der Waals surface area contributed by atoms with Gasteiger partial charge in [0.05, 0.1) is 10.8 Å². The Morgan fingerprint density at radius 1 is 1.33 bits per heavy atom. The molecule has 0 unspecified atom stereocenters. The van der Waals surface area contributed by atoms with Crippen LogP contribution in [0.25, 0.3) is 4.96 Å². The van der Waals surface area contributed by atoms with Crippen molar-refractivity contribution in [1.29, 1.82) is 0 Å². The van der Waals surface area contributed by atoms with Crippen molar-refractivity contribution in [3.05, 3.63) is 40.1 Å². The highest BCUT2D eigenvalue weighted by atomic mass is 35.5. The summed E-state index contributed by atoms with van der Waals surface area (Å²) in [7, 11) is 0. The molecule has 110 valence electrons. The highest BCUT2D eigenvalue weighted by molar-refractivity contribution is 7.98. The fourth-order valence-corrected chi connectivity index (χ4v) is 3.26. The average molecular weight is 341 g/mol. The standard InChI is InChI=1S/C13H13ClN4OS2/c1-2-20-8-11-15-16-13-18(11)17-12(21-13)7-19-10-6-4-3-5-9(10)14/h3-6H,2,7-8H2,1H3. The molecule has 2 aromatic heterocycles. The summed E-state index contributed by atoms with van der Waals surface area (Å²) in [5.41, 5.74) is 0. The van der Waals surface area contributed by atoms with Crippen LogP contribution in [0.15, 0.2) is 24.3 Å². The van der Waals surface area contributed by atoms with Gasteiger partial charge in [0.1, 0.15) is 12.4 Å².